The Morgan fingerprint density at radius 3 is 2.37 bits per heavy atom. The minimum Gasteiger partial charge on any atom is -0.207 e. The lowest BCUT2D eigenvalue weighted by atomic mass is 9.98. The Balaban J connectivity index is 2.86. The Morgan fingerprint density at radius 1 is 1.11 bits per heavy atom. The summed E-state index contributed by atoms with van der Waals surface area (Å²) in [5.74, 6) is -0.466. The number of halogens is 2. The first-order valence-corrected chi connectivity index (χ1v) is 7.92. The van der Waals surface area contributed by atoms with E-state index in [0.29, 0.717) is 11.1 Å². The first-order valence-electron chi connectivity index (χ1n) is 5.61. The highest BCUT2D eigenvalue weighted by atomic mass is 35.7. The number of hydrogen-bond donors (Lipinski definition) is 0. The van der Waals surface area contributed by atoms with Crippen LogP contribution >= 0.6 is 10.7 Å². The van der Waals surface area contributed by atoms with Gasteiger partial charge >= 0.3 is 0 Å². The zero-order valence-corrected chi connectivity index (χ0v) is 12.0. The maximum Gasteiger partial charge on any atom is 0.261 e. The van der Waals surface area contributed by atoms with E-state index in [2.05, 4.69) is 0 Å². The maximum absolute atomic E-state index is 14.0. The van der Waals surface area contributed by atoms with Gasteiger partial charge in [0.15, 0.2) is 0 Å². The Bertz CT molecular complexity index is 719. The van der Waals surface area contributed by atoms with Crippen molar-refractivity contribution in [3.63, 3.8) is 0 Å². The first kappa shape index (κ1) is 14.0. The van der Waals surface area contributed by atoms with Crippen molar-refractivity contribution in [2.45, 2.75) is 18.7 Å². The van der Waals surface area contributed by atoms with E-state index in [4.69, 9.17) is 10.7 Å². The minimum absolute atomic E-state index is 0.0760. The molecule has 0 aliphatic rings. The lowest BCUT2D eigenvalue weighted by Crippen LogP contribution is -1.98. The molecule has 2 aromatic carbocycles. The molecule has 0 heterocycles. The van der Waals surface area contributed by atoms with Gasteiger partial charge in [0.1, 0.15) is 5.82 Å². The average molecular weight is 299 g/mol. The second kappa shape index (κ2) is 4.94. The molecule has 2 aromatic rings. The average Bonchev–Trinajstić information content (AvgIpc) is 2.27. The first-order chi connectivity index (χ1) is 8.80. The highest BCUT2D eigenvalue weighted by Crippen LogP contribution is 2.34. The minimum atomic E-state index is -3.93. The Labute approximate surface area is 116 Å². The lowest BCUT2D eigenvalue weighted by molar-refractivity contribution is 0.609. The van der Waals surface area contributed by atoms with Crippen LogP contribution < -0.4 is 0 Å². The molecule has 0 atom stereocenters. The van der Waals surface area contributed by atoms with Crippen LogP contribution in [0.2, 0.25) is 0 Å². The predicted molar refractivity (Wildman–Crippen MR) is 74.3 cm³/mol. The van der Waals surface area contributed by atoms with E-state index in [0.717, 1.165) is 5.56 Å². The molecule has 0 N–H and O–H groups in total. The monoisotopic (exact) mass is 298 g/mol. The summed E-state index contributed by atoms with van der Waals surface area (Å²) in [6.07, 6.45) is 0. The van der Waals surface area contributed by atoms with Crippen LogP contribution in [0.4, 0.5) is 4.39 Å². The molecule has 0 bridgehead atoms. The molecule has 100 valence electrons. The second-order valence-electron chi connectivity index (χ2n) is 4.37. The van der Waals surface area contributed by atoms with Crippen LogP contribution in [-0.4, -0.2) is 8.42 Å². The SMILES string of the molecule is Cc1ccc(S(=O)(=O)Cl)c(-c2c(C)cccc2F)c1. The van der Waals surface area contributed by atoms with Gasteiger partial charge in [-0.25, -0.2) is 12.8 Å². The van der Waals surface area contributed by atoms with Crippen molar-refractivity contribution >= 4 is 19.7 Å². The van der Waals surface area contributed by atoms with E-state index in [1.807, 2.05) is 6.92 Å². The summed E-state index contributed by atoms with van der Waals surface area (Å²) in [5.41, 5.74) is 2.06. The van der Waals surface area contributed by atoms with E-state index in [-0.39, 0.29) is 10.5 Å². The second-order valence-corrected chi connectivity index (χ2v) is 6.90. The van der Waals surface area contributed by atoms with Crippen LogP contribution in [0.1, 0.15) is 11.1 Å². The van der Waals surface area contributed by atoms with E-state index >= 15 is 0 Å². The molecule has 19 heavy (non-hydrogen) atoms. The van der Waals surface area contributed by atoms with Crippen LogP contribution in [0, 0.1) is 19.7 Å². The van der Waals surface area contributed by atoms with Gasteiger partial charge in [0.05, 0.1) is 4.90 Å². The fourth-order valence-corrected chi connectivity index (χ4v) is 3.08. The van der Waals surface area contributed by atoms with Crippen LogP contribution in [0.5, 0.6) is 0 Å². The molecule has 2 rings (SSSR count). The summed E-state index contributed by atoms with van der Waals surface area (Å²) in [7, 11) is 1.49. The molecule has 5 heteroatoms. The highest BCUT2D eigenvalue weighted by Gasteiger charge is 2.20. The predicted octanol–water partition coefficient (Wildman–Crippen LogP) is 4.04. The van der Waals surface area contributed by atoms with Crippen molar-refractivity contribution in [1.82, 2.24) is 0 Å². The summed E-state index contributed by atoms with van der Waals surface area (Å²) >= 11 is 0. The fourth-order valence-electron chi connectivity index (χ4n) is 2.02. The summed E-state index contributed by atoms with van der Waals surface area (Å²) in [5, 5.41) is 0. The molecule has 0 saturated heterocycles. The third kappa shape index (κ3) is 2.80. The molecular formula is C14H12ClFO2S. The number of benzene rings is 2. The zero-order chi connectivity index (χ0) is 14.2. The van der Waals surface area contributed by atoms with E-state index < -0.39 is 14.9 Å². The van der Waals surface area contributed by atoms with Gasteiger partial charge in [-0.1, -0.05) is 23.8 Å². The third-order valence-corrected chi connectivity index (χ3v) is 4.27. The van der Waals surface area contributed by atoms with Crippen molar-refractivity contribution in [3.8, 4) is 11.1 Å². The number of hydrogen-bond acceptors (Lipinski definition) is 2. The van der Waals surface area contributed by atoms with Gasteiger partial charge in [-0.3, -0.25) is 0 Å². The summed E-state index contributed by atoms with van der Waals surface area (Å²) in [6.45, 7) is 3.54. The standard InChI is InChI=1S/C14H12ClFO2S/c1-9-6-7-13(19(15,17)18)11(8-9)14-10(2)4-3-5-12(14)16/h3-8H,1-2H3. The molecule has 0 saturated carbocycles. The van der Waals surface area contributed by atoms with Crippen LogP contribution in [0.25, 0.3) is 11.1 Å². The zero-order valence-electron chi connectivity index (χ0n) is 10.4. The van der Waals surface area contributed by atoms with E-state index in [1.165, 1.54) is 12.1 Å². The molecule has 0 amide bonds. The molecule has 2 nitrogen and oxygen atoms in total. The molecule has 0 aliphatic carbocycles. The third-order valence-electron chi connectivity index (χ3n) is 2.89. The molecule has 0 radical (unpaired) electrons. The van der Waals surface area contributed by atoms with E-state index in [9.17, 15) is 12.8 Å². The Morgan fingerprint density at radius 2 is 1.79 bits per heavy atom. The van der Waals surface area contributed by atoms with Gasteiger partial charge in [-0.2, -0.15) is 0 Å². The molecule has 0 fully saturated rings. The van der Waals surface area contributed by atoms with Crippen molar-refractivity contribution in [2.75, 3.05) is 0 Å². The number of rotatable bonds is 2. The van der Waals surface area contributed by atoms with Gasteiger partial charge in [-0.15, -0.1) is 0 Å². The quantitative estimate of drug-likeness (QED) is 0.784. The largest absolute Gasteiger partial charge is 0.261 e. The lowest BCUT2D eigenvalue weighted by Gasteiger charge is -2.12. The smallest absolute Gasteiger partial charge is 0.207 e. The Kier molecular flexibility index (Phi) is 3.65. The van der Waals surface area contributed by atoms with Gasteiger partial charge in [0.2, 0.25) is 0 Å². The Hall–Kier alpha value is -1.39. The van der Waals surface area contributed by atoms with E-state index in [1.54, 1.807) is 31.2 Å². The van der Waals surface area contributed by atoms with Crippen molar-refractivity contribution in [2.24, 2.45) is 0 Å². The summed E-state index contributed by atoms with van der Waals surface area (Å²) < 4.78 is 37.2. The summed E-state index contributed by atoms with van der Waals surface area (Å²) in [4.78, 5) is -0.0760. The van der Waals surface area contributed by atoms with Crippen LogP contribution in [0.3, 0.4) is 0 Å². The molecule has 0 spiro atoms. The van der Waals surface area contributed by atoms with Crippen LogP contribution in [-0.2, 0) is 9.05 Å². The normalized spacial score (nSPS) is 11.6. The highest BCUT2D eigenvalue weighted by molar-refractivity contribution is 8.13. The fraction of sp³-hybridized carbons (Fsp3) is 0.143. The number of aryl methyl sites for hydroxylation is 2. The van der Waals surface area contributed by atoms with Gasteiger partial charge in [0, 0.05) is 21.8 Å². The van der Waals surface area contributed by atoms with Crippen molar-refractivity contribution in [1.29, 1.82) is 0 Å². The maximum atomic E-state index is 14.0. The van der Waals surface area contributed by atoms with Crippen molar-refractivity contribution < 1.29 is 12.8 Å². The van der Waals surface area contributed by atoms with Gasteiger partial charge in [-0.05, 0) is 37.6 Å². The van der Waals surface area contributed by atoms with Crippen LogP contribution in [0.15, 0.2) is 41.3 Å². The van der Waals surface area contributed by atoms with Gasteiger partial charge < -0.3 is 0 Å². The topological polar surface area (TPSA) is 34.1 Å². The van der Waals surface area contributed by atoms with Gasteiger partial charge in [0.25, 0.3) is 9.05 Å². The molecule has 0 unspecified atom stereocenters. The summed E-state index contributed by atoms with van der Waals surface area (Å²) in [6, 6.07) is 9.27. The van der Waals surface area contributed by atoms with Crippen molar-refractivity contribution in [3.05, 3.63) is 53.3 Å². The molecule has 0 aromatic heterocycles. The molecule has 0 aliphatic heterocycles. The molecular weight excluding hydrogens is 287 g/mol.